The zero-order valence-electron chi connectivity index (χ0n) is 43.0. The number of ketones is 2. The number of benzene rings is 2. The largest absolute Gasteiger partial charge is 0.481 e. The van der Waals surface area contributed by atoms with Gasteiger partial charge in [-0.15, -0.1) is 0 Å². The predicted octanol–water partition coefficient (Wildman–Crippen LogP) is 14.9. The van der Waals surface area contributed by atoms with Crippen molar-refractivity contribution in [3.05, 3.63) is 103 Å². The monoisotopic (exact) mass is 998 g/mol. The maximum atomic E-state index is 13.3. The minimum Gasteiger partial charge on any atom is -0.481 e. The highest BCUT2D eigenvalue weighted by molar-refractivity contribution is 6.32. The van der Waals surface area contributed by atoms with Crippen LogP contribution in [0.2, 0.25) is 10.0 Å². The Kier molecular flexibility index (Phi) is 17.6. The molecule has 2 aromatic carbocycles. The third kappa shape index (κ3) is 14.7. The molecule has 4 aromatic rings. The quantitative estimate of drug-likeness (QED) is 0.0754. The highest BCUT2D eigenvalue weighted by atomic mass is 35.5. The van der Waals surface area contributed by atoms with Crippen molar-refractivity contribution < 1.29 is 38.1 Å². The smallest absolute Gasteiger partial charge is 0.306 e. The third-order valence-corrected chi connectivity index (χ3v) is 15.2. The van der Waals surface area contributed by atoms with Crippen LogP contribution in [0, 0.1) is 37.5 Å². The maximum absolute atomic E-state index is 13.3. The van der Waals surface area contributed by atoms with Crippen LogP contribution in [0.3, 0.4) is 0 Å². The van der Waals surface area contributed by atoms with E-state index in [4.69, 9.17) is 37.0 Å². The number of aromatic nitrogens is 2. The Morgan fingerprint density at radius 3 is 1.39 bits per heavy atom. The van der Waals surface area contributed by atoms with E-state index in [0.29, 0.717) is 51.2 Å². The second kappa shape index (κ2) is 23.1. The number of hydrogen-bond donors (Lipinski definition) is 1. The lowest BCUT2D eigenvalue weighted by Gasteiger charge is -2.35. The van der Waals surface area contributed by atoms with E-state index >= 15 is 0 Å². The Morgan fingerprint density at radius 1 is 0.643 bits per heavy atom. The van der Waals surface area contributed by atoms with Crippen LogP contribution >= 0.6 is 23.2 Å². The first-order valence-corrected chi connectivity index (χ1v) is 26.8. The summed E-state index contributed by atoms with van der Waals surface area (Å²) < 4.78 is 17.5. The highest BCUT2D eigenvalue weighted by Crippen LogP contribution is 2.54. The normalized spacial score (nSPS) is 20.8. The summed E-state index contributed by atoms with van der Waals surface area (Å²) >= 11 is 12.7. The fourth-order valence-corrected chi connectivity index (χ4v) is 11.6. The van der Waals surface area contributed by atoms with Crippen molar-refractivity contribution in [2.24, 2.45) is 23.7 Å². The number of carbonyl (C=O) groups excluding carboxylic acids is 3. The van der Waals surface area contributed by atoms with Crippen LogP contribution in [0.15, 0.2) is 45.4 Å². The van der Waals surface area contributed by atoms with Crippen molar-refractivity contribution in [3.63, 3.8) is 0 Å². The van der Waals surface area contributed by atoms with E-state index < -0.39 is 17.5 Å². The molecule has 4 saturated carbocycles. The summed E-state index contributed by atoms with van der Waals surface area (Å²) in [4.78, 5) is 50.8. The molecule has 70 heavy (non-hydrogen) atoms. The van der Waals surface area contributed by atoms with Crippen molar-refractivity contribution in [3.8, 4) is 0 Å². The van der Waals surface area contributed by atoms with Gasteiger partial charge in [-0.05, 0) is 169 Å². The Labute approximate surface area is 425 Å². The first kappa shape index (κ1) is 53.5. The first-order chi connectivity index (χ1) is 33.1. The van der Waals surface area contributed by atoms with Gasteiger partial charge >= 0.3 is 11.9 Å². The van der Waals surface area contributed by atoms with Gasteiger partial charge in [0.2, 0.25) is 0 Å². The minimum atomic E-state index is -0.923. The van der Waals surface area contributed by atoms with E-state index in [0.717, 1.165) is 108 Å². The molecule has 0 radical (unpaired) electrons. The SMILES string of the molecule is Cc1ccc(CC(=O)CC(CC(=O)O)c2noc(C3CC(CC(C)C)C3)c2C2CC2)c(Cl)c1.Cc1ccc(CC(=O)CC(CC(=O)OC(C)(C)C)c2noc(C3CC(CC(C)C)C3)c2C2CC2)c(Cl)c1. The molecule has 0 aliphatic heterocycles. The molecule has 380 valence electrons. The summed E-state index contributed by atoms with van der Waals surface area (Å²) in [5, 5.41) is 19.7. The summed E-state index contributed by atoms with van der Waals surface area (Å²) in [6.07, 6.45) is 12.1. The second-order valence-electron chi connectivity index (χ2n) is 23.4. The molecule has 2 heterocycles. The van der Waals surface area contributed by atoms with E-state index in [1.165, 1.54) is 18.4 Å². The van der Waals surface area contributed by atoms with E-state index in [-0.39, 0.29) is 62.0 Å². The summed E-state index contributed by atoms with van der Waals surface area (Å²) in [6, 6.07) is 11.4. The van der Waals surface area contributed by atoms with Gasteiger partial charge in [-0.3, -0.25) is 19.2 Å². The van der Waals surface area contributed by atoms with Crippen LogP contribution in [0.4, 0.5) is 0 Å². The number of carboxylic acids is 1. The van der Waals surface area contributed by atoms with E-state index in [2.05, 4.69) is 38.0 Å². The Balaban J connectivity index is 0.000000208. The van der Waals surface area contributed by atoms with Crippen LogP contribution in [-0.4, -0.2) is 44.5 Å². The number of rotatable bonds is 22. The fraction of sp³-hybridized carbons (Fsp3) is 0.621. The fourth-order valence-electron chi connectivity index (χ4n) is 11.0. The van der Waals surface area contributed by atoms with Crippen molar-refractivity contribution in [1.82, 2.24) is 10.3 Å². The number of halogens is 2. The van der Waals surface area contributed by atoms with Crippen molar-refractivity contribution in [2.75, 3.05) is 0 Å². The number of ether oxygens (including phenoxy) is 1. The van der Waals surface area contributed by atoms with Gasteiger partial charge in [0.25, 0.3) is 0 Å². The molecule has 2 atom stereocenters. The molecular weight excluding hydrogens is 924 g/mol. The Morgan fingerprint density at radius 2 is 1.04 bits per heavy atom. The molecule has 0 spiro atoms. The molecule has 10 nitrogen and oxygen atoms in total. The van der Waals surface area contributed by atoms with Crippen LogP contribution in [0.1, 0.15) is 230 Å². The summed E-state index contributed by atoms with van der Waals surface area (Å²) in [5.74, 6) is 4.32. The van der Waals surface area contributed by atoms with Crippen LogP contribution in [-0.2, 0) is 36.8 Å². The average Bonchev–Trinajstić information content (AvgIpc) is 4.16. The van der Waals surface area contributed by atoms with E-state index in [1.807, 2.05) is 71.0 Å². The standard InChI is InChI=1S/C31H42ClNO4.C27H34ClNO4/c1-18(2)11-20-13-24(14-20)30-28(21-9-10-21)29(33-37-30)23(17-27(35)36-31(4,5)6)16-25(34)15-22-8-7-19(3)12-26(22)32;1-15(2)8-17-10-21(11-17)27-25(18-6-7-18)26(29-33-27)20(14-24(31)32)13-22(30)12-19-5-4-16(3)9-23(19)28/h7-8,12,18,20-21,23-24H,9-11,13-17H2,1-6H3;4-5,9,15,17-18,20-21H,6-8,10-14H2,1-3H3,(H,31,32). The molecule has 0 bridgehead atoms. The van der Waals surface area contributed by atoms with Gasteiger partial charge in [0.05, 0.1) is 24.2 Å². The molecule has 12 heteroatoms. The molecule has 0 saturated heterocycles. The number of esters is 1. The zero-order chi connectivity index (χ0) is 50.6. The number of hydrogen-bond acceptors (Lipinski definition) is 9. The first-order valence-electron chi connectivity index (χ1n) is 26.1. The molecule has 8 rings (SSSR count). The lowest BCUT2D eigenvalue weighted by Crippen LogP contribution is -2.26. The van der Waals surface area contributed by atoms with E-state index in [1.54, 1.807) is 0 Å². The topological polar surface area (TPSA) is 150 Å². The van der Waals surface area contributed by atoms with Gasteiger partial charge in [0.1, 0.15) is 28.7 Å². The number of nitrogens with zero attached hydrogens (tertiary/aromatic N) is 2. The van der Waals surface area contributed by atoms with Crippen LogP contribution in [0.25, 0.3) is 0 Å². The minimum absolute atomic E-state index is 0.0288. The van der Waals surface area contributed by atoms with Gasteiger partial charge in [-0.1, -0.05) is 85.5 Å². The van der Waals surface area contributed by atoms with Crippen LogP contribution in [0.5, 0.6) is 0 Å². The molecule has 4 fully saturated rings. The van der Waals surface area contributed by atoms with Gasteiger partial charge in [0, 0.05) is 70.5 Å². The van der Waals surface area contributed by atoms with E-state index in [9.17, 15) is 24.3 Å². The number of Topliss-reactive ketones (excluding diaryl/α,β-unsaturated/α-hetero) is 2. The van der Waals surface area contributed by atoms with Crippen molar-refractivity contribution >= 4 is 46.7 Å². The Bertz CT molecular complexity index is 2480. The number of carboxylic acid groups (broad SMARTS) is 1. The Hall–Kier alpha value is -4.28. The molecule has 4 aliphatic carbocycles. The van der Waals surface area contributed by atoms with Crippen molar-refractivity contribution in [2.45, 2.75) is 206 Å². The summed E-state index contributed by atoms with van der Waals surface area (Å²) in [7, 11) is 0. The molecule has 0 amide bonds. The maximum Gasteiger partial charge on any atom is 0.306 e. The highest BCUT2D eigenvalue weighted by Gasteiger charge is 2.44. The number of carbonyl (C=O) groups is 4. The lowest BCUT2D eigenvalue weighted by molar-refractivity contribution is -0.155. The molecule has 1 N–H and O–H groups in total. The van der Waals surface area contributed by atoms with Gasteiger partial charge < -0.3 is 18.9 Å². The summed E-state index contributed by atoms with van der Waals surface area (Å²) in [6.45, 7) is 18.6. The summed E-state index contributed by atoms with van der Waals surface area (Å²) in [5.41, 5.74) is 6.85. The second-order valence-corrected chi connectivity index (χ2v) is 24.2. The van der Waals surface area contributed by atoms with Crippen molar-refractivity contribution in [1.29, 1.82) is 0 Å². The molecule has 4 aliphatic rings. The third-order valence-electron chi connectivity index (χ3n) is 14.5. The molecule has 2 unspecified atom stereocenters. The number of aryl methyl sites for hydroxylation is 2. The number of aliphatic carboxylic acids is 1. The molecule has 2 aromatic heterocycles. The van der Waals surface area contributed by atoms with Gasteiger partial charge in [-0.25, -0.2) is 0 Å². The van der Waals surface area contributed by atoms with Crippen LogP contribution < -0.4 is 0 Å². The zero-order valence-corrected chi connectivity index (χ0v) is 44.5. The van der Waals surface area contributed by atoms with Gasteiger partial charge in [-0.2, -0.15) is 0 Å². The van der Waals surface area contributed by atoms with Gasteiger partial charge in [0.15, 0.2) is 0 Å². The predicted molar refractivity (Wildman–Crippen MR) is 274 cm³/mol. The average molecular weight is 1000 g/mol. The molecular formula is C58H76Cl2N2O8. The lowest BCUT2D eigenvalue weighted by atomic mass is 9.69.